The highest BCUT2D eigenvalue weighted by atomic mass is 35.5. The highest BCUT2D eigenvalue weighted by Crippen LogP contribution is 2.52. The van der Waals surface area contributed by atoms with Crippen LogP contribution in [0.3, 0.4) is 0 Å². The van der Waals surface area contributed by atoms with Crippen LogP contribution in [-0.4, -0.2) is 0 Å². The Morgan fingerprint density at radius 1 is 1.19 bits per heavy atom. The normalized spacial score (nSPS) is 13.2. The van der Waals surface area contributed by atoms with E-state index >= 15 is 0 Å². The molecule has 0 aromatic heterocycles. The molecule has 0 radical (unpaired) electrons. The fourth-order valence-electron chi connectivity index (χ4n) is 2.49. The van der Waals surface area contributed by atoms with E-state index in [1.807, 2.05) is 35.1 Å². The molecule has 110 valence electrons. The van der Waals surface area contributed by atoms with Crippen molar-refractivity contribution in [1.29, 1.82) is 0 Å². The van der Waals surface area contributed by atoms with Crippen molar-refractivity contribution in [3.8, 4) is 0 Å². The van der Waals surface area contributed by atoms with Gasteiger partial charge in [0.25, 0.3) is 0 Å². The lowest BCUT2D eigenvalue weighted by Crippen LogP contribution is -2.01. The highest BCUT2D eigenvalue weighted by Gasteiger charge is 2.23. The van der Waals surface area contributed by atoms with Gasteiger partial charge in [0, 0.05) is 32.3 Å². The molecule has 21 heavy (non-hydrogen) atoms. The summed E-state index contributed by atoms with van der Waals surface area (Å²) in [4.78, 5) is 1.35. The zero-order chi connectivity index (χ0) is 15.0. The second-order valence-electron chi connectivity index (χ2n) is 5.41. The lowest BCUT2D eigenvalue weighted by atomic mass is 9.97. The van der Waals surface area contributed by atoms with Crippen molar-refractivity contribution in [3.63, 3.8) is 0 Å². The van der Waals surface area contributed by atoms with Crippen LogP contribution in [0.1, 0.15) is 30.9 Å². The molecule has 0 aliphatic carbocycles. The van der Waals surface area contributed by atoms with E-state index in [0.717, 1.165) is 10.7 Å². The van der Waals surface area contributed by atoms with Crippen molar-refractivity contribution in [2.24, 2.45) is 0 Å². The summed E-state index contributed by atoms with van der Waals surface area (Å²) >= 11 is 5.96. The second kappa shape index (κ2) is 6.03. The first-order chi connectivity index (χ1) is 10.1. The van der Waals surface area contributed by atoms with Crippen LogP contribution in [0.5, 0.6) is 0 Å². The van der Waals surface area contributed by atoms with Crippen molar-refractivity contribution in [2.75, 3.05) is 10.0 Å². The standard InChI is InChI=1S/C16H17ClN2S2/c1-9(2)14-13(18-12-6-4-11(17)5-7-12)8-10(3)15-16(14)20-21-19-15/h4-9,18-19H,1-3H3. The lowest BCUT2D eigenvalue weighted by molar-refractivity contribution is 0.846. The predicted octanol–water partition coefficient (Wildman–Crippen LogP) is 6.60. The molecule has 0 spiro atoms. The Bertz CT molecular complexity index is 669. The molecule has 3 rings (SSSR count). The van der Waals surface area contributed by atoms with Gasteiger partial charge < -0.3 is 10.0 Å². The van der Waals surface area contributed by atoms with E-state index < -0.39 is 0 Å². The maximum atomic E-state index is 5.96. The molecular weight excluding hydrogens is 320 g/mol. The number of hydrogen-bond donors (Lipinski definition) is 2. The number of hydrogen-bond acceptors (Lipinski definition) is 4. The molecule has 1 aliphatic heterocycles. The van der Waals surface area contributed by atoms with Crippen LogP contribution >= 0.6 is 33.4 Å². The van der Waals surface area contributed by atoms with Crippen LogP contribution < -0.4 is 10.0 Å². The SMILES string of the molecule is Cc1cc(Nc2ccc(Cl)cc2)c(C(C)C)c2c1NSS2. The largest absolute Gasteiger partial charge is 0.355 e. The molecule has 0 unspecified atom stereocenters. The first-order valence-electron chi connectivity index (χ1n) is 6.86. The number of anilines is 3. The van der Waals surface area contributed by atoms with Gasteiger partial charge in [-0.1, -0.05) is 25.4 Å². The summed E-state index contributed by atoms with van der Waals surface area (Å²) in [5.41, 5.74) is 6.14. The third kappa shape index (κ3) is 2.98. The van der Waals surface area contributed by atoms with Gasteiger partial charge in [-0.15, -0.1) is 0 Å². The Kier molecular flexibility index (Phi) is 4.29. The van der Waals surface area contributed by atoms with Gasteiger partial charge in [0.2, 0.25) is 0 Å². The van der Waals surface area contributed by atoms with Crippen molar-refractivity contribution < 1.29 is 0 Å². The van der Waals surface area contributed by atoms with Crippen LogP contribution in [0.15, 0.2) is 35.2 Å². The predicted molar refractivity (Wildman–Crippen MR) is 97.1 cm³/mol. The fraction of sp³-hybridized carbons (Fsp3) is 0.250. The lowest BCUT2D eigenvalue weighted by Gasteiger charge is -2.19. The van der Waals surface area contributed by atoms with Gasteiger partial charge in [0.15, 0.2) is 0 Å². The van der Waals surface area contributed by atoms with Crippen molar-refractivity contribution >= 4 is 50.4 Å². The zero-order valence-electron chi connectivity index (χ0n) is 12.2. The maximum absolute atomic E-state index is 5.96. The molecule has 0 atom stereocenters. The van der Waals surface area contributed by atoms with Crippen LogP contribution in [-0.2, 0) is 0 Å². The number of aryl methyl sites for hydroxylation is 1. The van der Waals surface area contributed by atoms with Gasteiger partial charge in [-0.2, -0.15) is 0 Å². The van der Waals surface area contributed by atoms with Crippen molar-refractivity contribution in [2.45, 2.75) is 31.6 Å². The fourth-order valence-corrected chi connectivity index (χ4v) is 5.02. The quantitative estimate of drug-likeness (QED) is 0.487. The molecule has 2 aromatic rings. The number of benzene rings is 2. The summed E-state index contributed by atoms with van der Waals surface area (Å²) < 4.78 is 3.40. The first kappa shape index (κ1) is 14.9. The molecular formula is C16H17ClN2S2. The molecule has 2 N–H and O–H groups in total. The van der Waals surface area contributed by atoms with Gasteiger partial charge in [0.1, 0.15) is 0 Å². The van der Waals surface area contributed by atoms with Gasteiger partial charge in [-0.05, 0) is 65.1 Å². The Morgan fingerprint density at radius 2 is 1.90 bits per heavy atom. The molecule has 0 fully saturated rings. The van der Waals surface area contributed by atoms with Gasteiger partial charge in [-0.25, -0.2) is 0 Å². The smallest absolute Gasteiger partial charge is 0.0627 e. The zero-order valence-corrected chi connectivity index (χ0v) is 14.5. The Balaban J connectivity index is 2.05. The van der Waals surface area contributed by atoms with E-state index in [1.165, 1.54) is 27.4 Å². The molecule has 5 heteroatoms. The molecule has 0 saturated heterocycles. The van der Waals surface area contributed by atoms with Crippen LogP contribution in [0.25, 0.3) is 0 Å². The van der Waals surface area contributed by atoms with Crippen molar-refractivity contribution in [1.82, 2.24) is 0 Å². The van der Waals surface area contributed by atoms with E-state index in [0.29, 0.717) is 5.92 Å². The molecule has 0 saturated carbocycles. The summed E-state index contributed by atoms with van der Waals surface area (Å²) in [6.45, 7) is 6.62. The van der Waals surface area contributed by atoms with E-state index in [2.05, 4.69) is 36.9 Å². The number of nitrogens with one attached hydrogen (secondary N) is 2. The molecule has 1 heterocycles. The monoisotopic (exact) mass is 336 g/mol. The Labute approximate surface area is 138 Å². The minimum absolute atomic E-state index is 0.460. The van der Waals surface area contributed by atoms with E-state index in [9.17, 15) is 0 Å². The number of rotatable bonds is 3. The number of fused-ring (bicyclic) bond motifs is 1. The summed E-state index contributed by atoms with van der Waals surface area (Å²) in [6.07, 6.45) is 0. The Morgan fingerprint density at radius 3 is 2.57 bits per heavy atom. The molecule has 1 aliphatic rings. The maximum Gasteiger partial charge on any atom is 0.0627 e. The minimum atomic E-state index is 0.460. The van der Waals surface area contributed by atoms with E-state index in [1.54, 1.807) is 11.0 Å². The summed E-state index contributed by atoms with van der Waals surface area (Å²) in [5, 5.41) is 4.30. The average molecular weight is 337 g/mol. The van der Waals surface area contributed by atoms with Gasteiger partial charge in [0.05, 0.1) is 5.69 Å². The molecule has 0 amide bonds. The van der Waals surface area contributed by atoms with Crippen LogP contribution in [0.4, 0.5) is 17.1 Å². The van der Waals surface area contributed by atoms with Gasteiger partial charge in [-0.3, -0.25) is 0 Å². The molecule has 2 nitrogen and oxygen atoms in total. The Hall–Kier alpha value is -0.970. The average Bonchev–Trinajstić information content (AvgIpc) is 2.90. The third-order valence-corrected chi connectivity index (χ3v) is 5.70. The molecule has 2 aromatic carbocycles. The molecule has 0 bridgehead atoms. The topological polar surface area (TPSA) is 24.1 Å². The minimum Gasteiger partial charge on any atom is -0.355 e. The van der Waals surface area contributed by atoms with Gasteiger partial charge >= 0.3 is 0 Å². The summed E-state index contributed by atoms with van der Waals surface area (Å²) in [6, 6.07) is 10.1. The summed E-state index contributed by atoms with van der Waals surface area (Å²) in [7, 11) is 3.50. The van der Waals surface area contributed by atoms with Crippen LogP contribution in [0, 0.1) is 6.92 Å². The second-order valence-corrected chi connectivity index (χ2v) is 7.80. The highest BCUT2D eigenvalue weighted by molar-refractivity contribution is 8.77. The first-order valence-corrected chi connectivity index (χ1v) is 9.38. The van der Waals surface area contributed by atoms with E-state index in [-0.39, 0.29) is 0 Å². The van der Waals surface area contributed by atoms with Crippen LogP contribution in [0.2, 0.25) is 5.02 Å². The third-order valence-electron chi connectivity index (χ3n) is 3.49. The number of halogens is 1. The summed E-state index contributed by atoms with van der Waals surface area (Å²) in [5.74, 6) is 0.460. The van der Waals surface area contributed by atoms with E-state index in [4.69, 9.17) is 11.6 Å². The van der Waals surface area contributed by atoms with Crippen molar-refractivity contribution in [3.05, 3.63) is 46.5 Å².